The molecule has 0 aromatic heterocycles. The normalized spacial score (nSPS) is 23.9. The SMILES string of the molecule is CC(C)(C)N1CCOC(COCC(=O)O)C1.CC(C)(C)N1CCOC(CSCC(=O)O)C1.CC(C)(C)N1CCOCC1COCC(=O)O.CC(C)(C)N1CCOCC1CSCC(=O)O.CC(C)N1CC(F)(F)CCC1CN(C)CC(=O)O.CC(C)N1CC(F)CCC1CN(C)CC(=O)O.CC(C)N1CCOCC1CN(C)CC(=O)O.CN(CC(=O)O)CC1CN(C(C)(C)C)CCO1. The summed E-state index contributed by atoms with van der Waals surface area (Å²) in [5, 5.41) is 68.9. The Morgan fingerprint density at radius 2 is 0.742 bits per heavy atom. The number of carbonyl (C=O) groups is 8. The predicted octanol–water partition coefficient (Wildman–Crippen LogP) is 7.12. The molecule has 8 aliphatic heterocycles. The summed E-state index contributed by atoms with van der Waals surface area (Å²) >= 11 is 2.90. The molecule has 8 rings (SSSR count). The minimum Gasteiger partial charge on any atom is -0.481 e. The number of rotatable bonds is 35. The Hall–Kier alpha value is -4.55. The van der Waals surface area contributed by atoms with Gasteiger partial charge in [0.15, 0.2) is 0 Å². The number of nitrogens with zero attached hydrogens (tertiary/aromatic N) is 12. The summed E-state index contributed by atoms with van der Waals surface area (Å²) in [6.07, 6.45) is 1.21. The van der Waals surface area contributed by atoms with Crippen LogP contribution in [0.1, 0.15) is 171 Å². The van der Waals surface area contributed by atoms with Crippen LogP contribution in [-0.4, -0.2) is 515 Å². The third-order valence-corrected chi connectivity index (χ3v) is 25.1. The Labute approximate surface area is 795 Å². The molecule has 9 unspecified atom stereocenters. The molecule has 8 N–H and O–H groups in total. The van der Waals surface area contributed by atoms with E-state index in [-0.39, 0.29) is 134 Å². The van der Waals surface area contributed by atoms with E-state index in [1.54, 1.807) is 33.7 Å². The number of hydrogen-bond donors (Lipinski definition) is 8. The monoisotopic (exact) mass is 1940 g/mol. The number of likely N-dealkylation sites (tertiary alicyclic amines) is 2. The maximum Gasteiger partial charge on any atom is 0.329 e. The molecule has 8 fully saturated rings. The summed E-state index contributed by atoms with van der Waals surface area (Å²) in [7, 11) is 7.16. The fraction of sp³-hybridized carbons (Fsp3) is 0.912. The highest BCUT2D eigenvalue weighted by Gasteiger charge is 2.42. The summed E-state index contributed by atoms with van der Waals surface area (Å²) < 4.78 is 83.5. The summed E-state index contributed by atoms with van der Waals surface area (Å²) in [5.41, 5.74) is 0.612. The summed E-state index contributed by atoms with van der Waals surface area (Å²) in [5.74, 6) is -7.36. The second-order valence-corrected chi connectivity index (χ2v) is 43.1. The van der Waals surface area contributed by atoms with Crippen molar-refractivity contribution in [1.82, 2.24) is 58.8 Å². The number of alkyl halides is 3. The zero-order valence-electron chi connectivity index (χ0n) is 84.6. The molecule has 0 spiro atoms. The van der Waals surface area contributed by atoms with Crippen molar-refractivity contribution in [2.24, 2.45) is 0 Å². The number of carboxylic acid groups (broad SMARTS) is 8. The van der Waals surface area contributed by atoms with Gasteiger partial charge < -0.3 is 78.7 Å². The third kappa shape index (κ3) is 57.1. The first-order chi connectivity index (χ1) is 61.0. The average molecular weight is 1940 g/mol. The van der Waals surface area contributed by atoms with Crippen molar-refractivity contribution in [3.63, 3.8) is 0 Å². The Bertz CT molecular complexity index is 3150. The highest BCUT2D eigenvalue weighted by atomic mass is 32.2. The molecule has 0 aromatic carbocycles. The average Bonchev–Trinajstić information content (AvgIpc) is 0.841. The topological polar surface area (TPSA) is 411 Å². The second kappa shape index (κ2) is 63.2. The van der Waals surface area contributed by atoms with Gasteiger partial charge in [0.25, 0.3) is 5.92 Å². The Morgan fingerprint density at radius 1 is 0.386 bits per heavy atom. The summed E-state index contributed by atoms with van der Waals surface area (Å²) in [6.45, 7) is 62.7. The molecule has 776 valence electrons. The Balaban J connectivity index is 0.000000755. The zero-order chi connectivity index (χ0) is 101. The number of piperidine rings is 2. The van der Waals surface area contributed by atoms with Gasteiger partial charge in [-0.25, -0.2) is 22.8 Å². The van der Waals surface area contributed by atoms with Crippen LogP contribution in [0.5, 0.6) is 0 Å². The van der Waals surface area contributed by atoms with Crippen molar-refractivity contribution < 1.29 is 130 Å². The van der Waals surface area contributed by atoms with Crippen molar-refractivity contribution in [1.29, 1.82) is 0 Å². The van der Waals surface area contributed by atoms with Crippen LogP contribution in [0.15, 0.2) is 0 Å². The van der Waals surface area contributed by atoms with Gasteiger partial charge >= 0.3 is 47.8 Å². The van der Waals surface area contributed by atoms with Crippen molar-refractivity contribution in [3.05, 3.63) is 0 Å². The number of thioether (sulfide) groups is 2. The first kappa shape index (κ1) is 125. The molecule has 41 heteroatoms. The van der Waals surface area contributed by atoms with Crippen LogP contribution in [0.3, 0.4) is 0 Å². The highest BCUT2D eigenvalue weighted by Crippen LogP contribution is 2.33. The van der Waals surface area contributed by atoms with E-state index in [0.717, 1.165) is 116 Å². The van der Waals surface area contributed by atoms with Gasteiger partial charge in [-0.05, 0) is 193 Å². The van der Waals surface area contributed by atoms with Gasteiger partial charge in [-0.1, -0.05) is 0 Å². The number of carboxylic acids is 8. The lowest BCUT2D eigenvalue weighted by Gasteiger charge is -2.44. The van der Waals surface area contributed by atoms with Crippen LogP contribution in [-0.2, 0) is 76.3 Å². The quantitative estimate of drug-likeness (QED) is 0.0313. The molecule has 36 nitrogen and oxygen atoms in total. The molecule has 0 aliphatic carbocycles. The van der Waals surface area contributed by atoms with E-state index >= 15 is 0 Å². The molecule has 8 aliphatic rings. The van der Waals surface area contributed by atoms with E-state index in [2.05, 4.69) is 166 Å². The van der Waals surface area contributed by atoms with Crippen LogP contribution in [0, 0.1) is 0 Å². The first-order valence-corrected chi connectivity index (χ1v) is 48.8. The van der Waals surface area contributed by atoms with E-state index in [1.807, 2.05) is 32.8 Å². The molecule has 0 saturated carbocycles. The highest BCUT2D eigenvalue weighted by molar-refractivity contribution is 8.00. The van der Waals surface area contributed by atoms with E-state index in [9.17, 15) is 51.5 Å². The summed E-state index contributed by atoms with van der Waals surface area (Å²) in [4.78, 5) is 109. The van der Waals surface area contributed by atoms with Crippen molar-refractivity contribution in [3.8, 4) is 0 Å². The van der Waals surface area contributed by atoms with Crippen LogP contribution >= 0.6 is 23.5 Å². The largest absolute Gasteiger partial charge is 0.481 e. The summed E-state index contributed by atoms with van der Waals surface area (Å²) in [6, 6.07) is 1.88. The van der Waals surface area contributed by atoms with Crippen molar-refractivity contribution >= 4 is 71.3 Å². The number of halogens is 3. The number of morpholine rings is 6. The lowest BCUT2D eigenvalue weighted by molar-refractivity contribution is -0.146. The zero-order valence-corrected chi connectivity index (χ0v) is 86.3. The smallest absolute Gasteiger partial charge is 0.329 e. The number of hydrogen-bond acceptors (Lipinski definition) is 30. The van der Waals surface area contributed by atoms with Gasteiger partial charge in [0.05, 0.1) is 141 Å². The van der Waals surface area contributed by atoms with Crippen LogP contribution < -0.4 is 0 Å². The Morgan fingerprint density at radius 3 is 1.15 bits per heavy atom. The van der Waals surface area contributed by atoms with E-state index in [4.69, 9.17) is 78.7 Å². The van der Waals surface area contributed by atoms with E-state index < -0.39 is 59.8 Å². The number of ether oxygens (including phenoxy) is 8. The van der Waals surface area contributed by atoms with Gasteiger partial charge in [0, 0.05) is 180 Å². The van der Waals surface area contributed by atoms with Gasteiger partial charge in [0.2, 0.25) is 0 Å². The number of aliphatic carboxylic acids is 8. The molecule has 132 heavy (non-hydrogen) atoms. The Kier molecular flexibility index (Phi) is 60.1. The van der Waals surface area contributed by atoms with Gasteiger partial charge in [-0.3, -0.25) is 87.6 Å². The molecule has 8 heterocycles. The lowest BCUT2D eigenvalue weighted by Crippen LogP contribution is -2.56. The predicted molar refractivity (Wildman–Crippen MR) is 509 cm³/mol. The molecule has 0 radical (unpaired) electrons. The lowest BCUT2D eigenvalue weighted by atomic mass is 9.97. The first-order valence-electron chi connectivity index (χ1n) is 46.5. The maximum absolute atomic E-state index is 13.4. The standard InChI is InChI=1S/C12H22F2N2O2.C12H23FN2O2.C12H24N2O3.C11H22N2O3.2C11H21NO4.2C11H21NO3S/c1-9(2)16-8-12(13,14)5-4-10(16)6-15(3)7-11(17)18;1-9(2)15-6-10(13)4-5-11(15)7-14(3)8-12(16)17;1-12(2,3)14-5-6-17-10(8-14)7-13(4)9-11(15)16;1-9(2)13-4-5-16-8-10(13)6-12(3)7-11(14)15;1-11(2,3)12-4-5-15-6-9(12)7-16-8-10(13)14;1-11(2,3)12-4-5-16-9(6-12)7-15-8-10(13)14;1-11(2,3)12-4-5-15-6-9(12)7-16-8-10(13)14;1-11(2,3)12-4-5-15-9(6-12)7-16-8-10(13)14/h9-10H,4-8H2,1-3H3,(H,17,18);9-11H,4-8H2,1-3H3,(H,16,17);10H,5-9H2,1-4H3,(H,15,16);9-10H,4-8H2,1-3H3,(H,14,15);4*9H,4-8H2,1-3H3,(H,13,14). The maximum atomic E-state index is 13.4. The van der Waals surface area contributed by atoms with Gasteiger partial charge in [0.1, 0.15) is 19.4 Å². The molecule has 8 saturated heterocycles. The molecule has 0 aromatic rings. The fourth-order valence-electron chi connectivity index (χ4n) is 16.5. The van der Waals surface area contributed by atoms with E-state index in [0.29, 0.717) is 103 Å². The molecule has 0 amide bonds. The van der Waals surface area contributed by atoms with Crippen LogP contribution in [0.2, 0.25) is 0 Å². The number of likely N-dealkylation sites (N-methyl/N-ethyl adjacent to an activating group) is 4. The van der Waals surface area contributed by atoms with Crippen molar-refractivity contribution in [2.75, 3.05) is 261 Å². The van der Waals surface area contributed by atoms with Gasteiger partial charge in [-0.15, -0.1) is 23.5 Å². The minimum atomic E-state index is -2.62. The fourth-order valence-corrected chi connectivity index (χ4v) is 18.1. The second-order valence-electron chi connectivity index (χ2n) is 41.0. The molecular weight excluding hydrogens is 1770 g/mol. The van der Waals surface area contributed by atoms with Gasteiger partial charge in [-0.2, -0.15) is 0 Å². The minimum absolute atomic E-state index is 0.00831. The van der Waals surface area contributed by atoms with Crippen LogP contribution in [0.25, 0.3) is 0 Å². The molecule has 0 bridgehead atoms. The third-order valence-electron chi connectivity index (χ3n) is 23.0. The molecular formula is C91H175F3N12O24S2. The molecule has 9 atom stereocenters. The van der Waals surface area contributed by atoms with Crippen molar-refractivity contribution in [2.45, 2.75) is 278 Å². The van der Waals surface area contributed by atoms with E-state index in [1.165, 1.54) is 23.5 Å². The van der Waals surface area contributed by atoms with Crippen LogP contribution in [0.4, 0.5) is 13.2 Å².